The van der Waals surface area contributed by atoms with Crippen molar-refractivity contribution in [3.63, 3.8) is 0 Å². The number of benzene rings is 1. The van der Waals surface area contributed by atoms with E-state index in [4.69, 9.17) is 22.9 Å². The van der Waals surface area contributed by atoms with Crippen molar-refractivity contribution in [1.82, 2.24) is 42.1 Å². The first kappa shape index (κ1) is 59.0. The maximum absolute atomic E-state index is 14.0. The van der Waals surface area contributed by atoms with E-state index in [-0.39, 0.29) is 49.0 Å². The molecular formula is C43H68N12O12S2. The Morgan fingerprint density at radius 2 is 1.28 bits per heavy atom. The molecule has 9 atom stereocenters. The van der Waals surface area contributed by atoms with Gasteiger partial charge in [-0.15, -0.1) is 0 Å². The van der Waals surface area contributed by atoms with E-state index < -0.39 is 145 Å². The van der Waals surface area contributed by atoms with E-state index in [2.05, 4.69) is 62.5 Å². The molecule has 24 nitrogen and oxygen atoms in total. The fourth-order valence-electron chi connectivity index (χ4n) is 7.12. The van der Waals surface area contributed by atoms with Crippen molar-refractivity contribution < 1.29 is 57.8 Å². The van der Waals surface area contributed by atoms with Gasteiger partial charge in [0.05, 0.1) is 19.0 Å². The van der Waals surface area contributed by atoms with Crippen LogP contribution in [0.5, 0.6) is 5.75 Å². The van der Waals surface area contributed by atoms with E-state index in [1.165, 1.54) is 29.2 Å². The molecule has 1 saturated heterocycles. The molecule has 0 bridgehead atoms. The fourth-order valence-corrected chi connectivity index (χ4v) is 7.54. The second-order valence-corrected chi connectivity index (χ2v) is 17.9. The maximum atomic E-state index is 14.0. The number of primary amides is 3. The number of hydrogen-bond acceptors (Lipinski definition) is 15. The summed E-state index contributed by atoms with van der Waals surface area (Å²) in [5, 5.41) is 27.2. The lowest BCUT2D eigenvalue weighted by atomic mass is 9.96. The van der Waals surface area contributed by atoms with Gasteiger partial charge in [-0.05, 0) is 55.2 Å². The lowest BCUT2D eigenvalue weighted by Crippen LogP contribution is -2.61. The van der Waals surface area contributed by atoms with Crippen LogP contribution in [0.1, 0.15) is 78.2 Å². The number of carbonyl (C=O) groups excluding carboxylic acids is 11. The zero-order valence-corrected chi connectivity index (χ0v) is 40.9. The van der Waals surface area contributed by atoms with Gasteiger partial charge in [-0.25, -0.2) is 0 Å². The van der Waals surface area contributed by atoms with Crippen LogP contribution >= 0.6 is 25.3 Å². The maximum Gasteiger partial charge on any atom is 0.246 e. The van der Waals surface area contributed by atoms with Crippen molar-refractivity contribution in [2.75, 3.05) is 24.6 Å². The third-order valence-corrected chi connectivity index (χ3v) is 11.9. The summed E-state index contributed by atoms with van der Waals surface area (Å²) < 4.78 is 0. The minimum atomic E-state index is -1.76. The molecule has 1 aliphatic heterocycles. The molecule has 11 amide bonds. The van der Waals surface area contributed by atoms with Crippen LogP contribution in [-0.4, -0.2) is 148 Å². The predicted molar refractivity (Wildman–Crippen MR) is 257 cm³/mol. The highest BCUT2D eigenvalue weighted by Gasteiger charge is 2.40. The van der Waals surface area contributed by atoms with Gasteiger partial charge in [0.25, 0.3) is 0 Å². The Morgan fingerprint density at radius 3 is 1.83 bits per heavy atom. The third-order valence-electron chi connectivity index (χ3n) is 11.1. The van der Waals surface area contributed by atoms with Crippen LogP contribution in [0.4, 0.5) is 0 Å². The monoisotopic (exact) mass is 1010 g/mol. The lowest BCUT2D eigenvalue weighted by Gasteiger charge is -2.30. The lowest BCUT2D eigenvalue weighted by molar-refractivity contribution is -0.142. The summed E-state index contributed by atoms with van der Waals surface area (Å²) in [6.07, 6.45) is -0.672. The first-order valence-corrected chi connectivity index (χ1v) is 23.7. The Labute approximate surface area is 411 Å². The molecule has 9 unspecified atom stereocenters. The van der Waals surface area contributed by atoms with Crippen molar-refractivity contribution in [3.8, 4) is 5.75 Å². The number of thiol groups is 2. The summed E-state index contributed by atoms with van der Waals surface area (Å²) in [6, 6.07) is -4.84. The topological polar surface area (TPSA) is 400 Å². The minimum absolute atomic E-state index is 0.0424. The average Bonchev–Trinajstić information content (AvgIpc) is 3.79. The molecule has 384 valence electrons. The summed E-state index contributed by atoms with van der Waals surface area (Å²) in [7, 11) is 0. The zero-order chi connectivity index (χ0) is 52.1. The van der Waals surface area contributed by atoms with Crippen LogP contribution < -0.4 is 60.2 Å². The van der Waals surface area contributed by atoms with Gasteiger partial charge in [0.15, 0.2) is 0 Å². The van der Waals surface area contributed by atoms with E-state index in [0.29, 0.717) is 18.4 Å². The van der Waals surface area contributed by atoms with E-state index >= 15 is 0 Å². The number of likely N-dealkylation sites (tertiary alicyclic amines) is 1. The number of nitrogens with zero attached hydrogens (tertiary/aromatic N) is 1. The Hall–Kier alpha value is -6.15. The molecule has 0 aromatic heterocycles. The van der Waals surface area contributed by atoms with Crippen molar-refractivity contribution in [2.24, 2.45) is 34.8 Å². The third kappa shape index (κ3) is 19.8. The van der Waals surface area contributed by atoms with Crippen LogP contribution in [0.2, 0.25) is 0 Å². The second-order valence-electron chi connectivity index (χ2n) is 17.2. The molecule has 1 aliphatic rings. The van der Waals surface area contributed by atoms with Crippen molar-refractivity contribution in [3.05, 3.63) is 29.8 Å². The Kier molecular flexibility index (Phi) is 24.8. The van der Waals surface area contributed by atoms with Gasteiger partial charge in [0.1, 0.15) is 48.0 Å². The molecular weight excluding hydrogens is 941 g/mol. The largest absolute Gasteiger partial charge is 0.508 e. The molecule has 0 aliphatic carbocycles. The molecule has 0 saturated carbocycles. The number of phenols is 1. The standard InChI is InChI=1S/C43H68N12O12S2/c1-5-22(4)35(54-40(64)28(50-36(60)25(44)19-68)16-23-8-10-24(56)11-9-23)42(66)49-26(12-13-32(45)57)38(62)51-29(17-33(46)58)39(63)53-30(20-69)43(67)55-14-6-7-31(55)41(65)52-27(15-21(2)3)37(61)48-18-34(47)59/h8-11,21-22,25-31,35,56,68-69H,5-7,12-20,44H2,1-4H3,(H2,45,57)(H2,46,58)(H2,47,59)(H,48,61)(H,49,66)(H,50,60)(H,51,62)(H,52,65)(H,53,63)(H,54,64). The van der Waals surface area contributed by atoms with Crippen LogP contribution in [0.15, 0.2) is 24.3 Å². The van der Waals surface area contributed by atoms with Crippen molar-refractivity contribution >= 4 is 90.2 Å². The molecule has 1 heterocycles. The Bertz CT molecular complexity index is 2010. The van der Waals surface area contributed by atoms with Gasteiger partial charge in [-0.2, -0.15) is 25.3 Å². The van der Waals surface area contributed by atoms with E-state index in [9.17, 15) is 57.8 Å². The molecule has 1 aromatic rings. The first-order chi connectivity index (χ1) is 32.4. The van der Waals surface area contributed by atoms with E-state index in [1.54, 1.807) is 13.8 Å². The summed E-state index contributed by atoms with van der Waals surface area (Å²) >= 11 is 8.28. The number of carbonyl (C=O) groups is 11. The average molecular weight is 1010 g/mol. The SMILES string of the molecule is CCC(C)C(NC(=O)C(Cc1ccc(O)cc1)NC(=O)C(N)CS)C(=O)NC(CCC(N)=O)C(=O)NC(CC(N)=O)C(=O)NC(CS)C(=O)N1CCCC1C(=O)NC(CC(C)C)C(=O)NCC(N)=O. The highest BCUT2D eigenvalue weighted by Crippen LogP contribution is 2.20. The summed E-state index contributed by atoms with van der Waals surface area (Å²) in [5.41, 5.74) is 22.4. The van der Waals surface area contributed by atoms with Gasteiger partial charge < -0.3 is 70.2 Å². The molecule has 2 rings (SSSR count). The highest BCUT2D eigenvalue weighted by atomic mass is 32.1. The van der Waals surface area contributed by atoms with Gasteiger partial charge in [0, 0.05) is 30.9 Å². The van der Waals surface area contributed by atoms with E-state index in [0.717, 1.165) is 0 Å². The van der Waals surface area contributed by atoms with Gasteiger partial charge in [0.2, 0.25) is 65.0 Å². The molecule has 1 fully saturated rings. The van der Waals surface area contributed by atoms with Crippen LogP contribution in [-0.2, 0) is 59.2 Å². The highest BCUT2D eigenvalue weighted by molar-refractivity contribution is 7.80. The molecule has 1 aromatic carbocycles. The normalized spacial score (nSPS) is 16.8. The summed E-state index contributed by atoms with van der Waals surface area (Å²) in [6.45, 7) is 6.61. The van der Waals surface area contributed by atoms with Crippen LogP contribution in [0, 0.1) is 11.8 Å². The van der Waals surface area contributed by atoms with Gasteiger partial charge in [-0.3, -0.25) is 52.7 Å². The molecule has 0 radical (unpaired) electrons. The number of hydrogen-bond donors (Lipinski definition) is 14. The number of phenolic OH excluding ortho intramolecular Hbond substituents is 1. The van der Waals surface area contributed by atoms with Crippen LogP contribution in [0.25, 0.3) is 0 Å². The van der Waals surface area contributed by atoms with Crippen molar-refractivity contribution in [2.45, 2.75) is 127 Å². The first-order valence-electron chi connectivity index (χ1n) is 22.4. The number of rotatable bonds is 29. The minimum Gasteiger partial charge on any atom is -0.508 e. The second kappa shape index (κ2) is 29.0. The molecule has 0 spiro atoms. The predicted octanol–water partition coefficient (Wildman–Crippen LogP) is -4.14. The van der Waals surface area contributed by atoms with Gasteiger partial charge >= 0.3 is 0 Å². The van der Waals surface area contributed by atoms with Crippen molar-refractivity contribution in [1.29, 1.82) is 0 Å². The van der Waals surface area contributed by atoms with Gasteiger partial charge in [-0.1, -0.05) is 46.2 Å². The number of nitrogens with one attached hydrogen (secondary N) is 7. The smallest absolute Gasteiger partial charge is 0.246 e. The summed E-state index contributed by atoms with van der Waals surface area (Å²) in [5.74, 6) is -10.5. The Balaban J connectivity index is 2.34. The molecule has 26 heteroatoms. The quantitative estimate of drug-likeness (QED) is 0.0340. The number of aromatic hydroxyl groups is 1. The number of amides is 11. The summed E-state index contributed by atoms with van der Waals surface area (Å²) in [4.78, 5) is 145. The molecule has 69 heavy (non-hydrogen) atoms. The van der Waals surface area contributed by atoms with Crippen LogP contribution in [0.3, 0.4) is 0 Å². The number of nitrogens with two attached hydrogens (primary N) is 4. The fraction of sp³-hybridized carbons (Fsp3) is 0.605. The van der Waals surface area contributed by atoms with E-state index in [1.807, 2.05) is 13.8 Å². The molecule has 16 N–H and O–H groups in total. The Morgan fingerprint density at radius 1 is 0.696 bits per heavy atom. The zero-order valence-electron chi connectivity index (χ0n) is 39.2.